The third kappa shape index (κ3) is 2.51. The molecule has 13 heavy (non-hydrogen) atoms. The van der Waals surface area contributed by atoms with Crippen LogP contribution >= 0.6 is 15.9 Å². The minimum Gasteiger partial charge on any atom is -0.323 e. The van der Waals surface area contributed by atoms with Gasteiger partial charge in [-0.1, -0.05) is 22.0 Å². The van der Waals surface area contributed by atoms with E-state index in [1.54, 1.807) is 12.1 Å². The SMILES string of the molecule is N#CCC(N)c1ccc(Br)cc1F. The van der Waals surface area contributed by atoms with Gasteiger partial charge >= 0.3 is 0 Å². The van der Waals surface area contributed by atoms with Gasteiger partial charge in [0.15, 0.2) is 0 Å². The lowest BCUT2D eigenvalue weighted by Gasteiger charge is -2.08. The predicted molar refractivity (Wildman–Crippen MR) is 51.3 cm³/mol. The Bertz CT molecular complexity index is 346. The molecule has 0 radical (unpaired) electrons. The molecule has 0 spiro atoms. The van der Waals surface area contributed by atoms with Gasteiger partial charge in [-0.2, -0.15) is 5.26 Å². The number of hydrogen-bond donors (Lipinski definition) is 1. The molecule has 0 fully saturated rings. The Kier molecular flexibility index (Phi) is 3.40. The zero-order chi connectivity index (χ0) is 9.84. The van der Waals surface area contributed by atoms with Crippen molar-refractivity contribution in [1.82, 2.24) is 0 Å². The van der Waals surface area contributed by atoms with E-state index >= 15 is 0 Å². The van der Waals surface area contributed by atoms with E-state index in [1.165, 1.54) is 6.07 Å². The second kappa shape index (κ2) is 4.35. The average Bonchev–Trinajstić information content (AvgIpc) is 2.04. The molecule has 2 nitrogen and oxygen atoms in total. The van der Waals surface area contributed by atoms with Gasteiger partial charge in [-0.05, 0) is 12.1 Å². The van der Waals surface area contributed by atoms with Crippen molar-refractivity contribution < 1.29 is 4.39 Å². The van der Waals surface area contributed by atoms with Gasteiger partial charge in [0.05, 0.1) is 12.5 Å². The summed E-state index contributed by atoms with van der Waals surface area (Å²) in [6.07, 6.45) is 0.124. The fourth-order valence-electron chi connectivity index (χ4n) is 1.01. The quantitative estimate of drug-likeness (QED) is 0.867. The number of rotatable bonds is 2. The summed E-state index contributed by atoms with van der Waals surface area (Å²) in [4.78, 5) is 0. The number of nitrogens with two attached hydrogens (primary N) is 1. The van der Waals surface area contributed by atoms with Gasteiger partial charge in [0.25, 0.3) is 0 Å². The second-order valence-corrected chi connectivity index (χ2v) is 3.55. The van der Waals surface area contributed by atoms with E-state index in [4.69, 9.17) is 11.0 Å². The standard InChI is InChI=1S/C9H8BrFN2/c10-6-1-2-7(8(11)5-6)9(13)3-4-12/h1-2,5,9H,3,13H2. The van der Waals surface area contributed by atoms with Crippen molar-refractivity contribution in [3.8, 4) is 6.07 Å². The van der Waals surface area contributed by atoms with Crippen LogP contribution in [0.4, 0.5) is 4.39 Å². The number of nitriles is 1. The molecule has 0 amide bonds. The first kappa shape index (κ1) is 10.2. The number of halogens is 2. The first-order valence-electron chi connectivity index (χ1n) is 3.72. The van der Waals surface area contributed by atoms with E-state index in [0.29, 0.717) is 10.0 Å². The van der Waals surface area contributed by atoms with Crippen molar-refractivity contribution in [1.29, 1.82) is 5.26 Å². The lowest BCUT2D eigenvalue weighted by Crippen LogP contribution is -2.11. The predicted octanol–water partition coefficient (Wildman–Crippen LogP) is 2.50. The van der Waals surface area contributed by atoms with E-state index in [0.717, 1.165) is 0 Å². The van der Waals surface area contributed by atoms with E-state index in [1.807, 2.05) is 6.07 Å². The van der Waals surface area contributed by atoms with Crippen LogP contribution in [-0.4, -0.2) is 0 Å². The summed E-state index contributed by atoms with van der Waals surface area (Å²) in [7, 11) is 0. The van der Waals surface area contributed by atoms with Crippen LogP contribution in [0.15, 0.2) is 22.7 Å². The maximum Gasteiger partial charge on any atom is 0.129 e. The molecule has 0 saturated heterocycles. The average molecular weight is 243 g/mol. The van der Waals surface area contributed by atoms with Crippen LogP contribution < -0.4 is 5.73 Å². The molecule has 1 unspecified atom stereocenters. The highest BCUT2D eigenvalue weighted by molar-refractivity contribution is 9.10. The smallest absolute Gasteiger partial charge is 0.129 e. The molecule has 1 atom stereocenters. The van der Waals surface area contributed by atoms with Gasteiger partial charge < -0.3 is 5.73 Å². The van der Waals surface area contributed by atoms with Crippen LogP contribution in [0.1, 0.15) is 18.0 Å². The van der Waals surface area contributed by atoms with E-state index < -0.39 is 6.04 Å². The molecule has 0 aliphatic carbocycles. The summed E-state index contributed by atoms with van der Waals surface area (Å²) in [5.74, 6) is -0.378. The van der Waals surface area contributed by atoms with Gasteiger partial charge in [0.1, 0.15) is 5.82 Å². The molecule has 2 N–H and O–H groups in total. The van der Waals surface area contributed by atoms with Crippen molar-refractivity contribution >= 4 is 15.9 Å². The molecule has 0 saturated carbocycles. The summed E-state index contributed by atoms with van der Waals surface area (Å²) in [5, 5.41) is 8.38. The van der Waals surface area contributed by atoms with Gasteiger partial charge in [-0.15, -0.1) is 0 Å². The summed E-state index contributed by atoms with van der Waals surface area (Å²) in [5.41, 5.74) is 5.96. The molecule has 4 heteroatoms. The Morgan fingerprint density at radius 2 is 2.31 bits per heavy atom. The van der Waals surface area contributed by atoms with Gasteiger partial charge in [0.2, 0.25) is 0 Å². The molecule has 1 aromatic rings. The molecule has 0 aromatic heterocycles. The first-order chi connectivity index (χ1) is 6.15. The molecule has 1 aromatic carbocycles. The number of nitrogens with zero attached hydrogens (tertiary/aromatic N) is 1. The highest BCUT2D eigenvalue weighted by Crippen LogP contribution is 2.21. The third-order valence-corrected chi connectivity index (χ3v) is 2.17. The van der Waals surface area contributed by atoms with E-state index in [2.05, 4.69) is 15.9 Å². The minimum absolute atomic E-state index is 0.124. The van der Waals surface area contributed by atoms with E-state index in [-0.39, 0.29) is 12.2 Å². The Balaban J connectivity index is 2.96. The van der Waals surface area contributed by atoms with Crippen molar-refractivity contribution in [3.63, 3.8) is 0 Å². The summed E-state index contributed by atoms with van der Waals surface area (Å²) in [6.45, 7) is 0. The highest BCUT2D eigenvalue weighted by atomic mass is 79.9. The minimum atomic E-state index is -0.543. The van der Waals surface area contributed by atoms with Crippen molar-refractivity contribution in [2.75, 3.05) is 0 Å². The molecule has 0 heterocycles. The molecule has 68 valence electrons. The summed E-state index contributed by atoms with van der Waals surface area (Å²) in [6, 6.07) is 5.99. The fraction of sp³-hybridized carbons (Fsp3) is 0.222. The first-order valence-corrected chi connectivity index (χ1v) is 4.52. The number of benzene rings is 1. The van der Waals surface area contributed by atoms with Crippen molar-refractivity contribution in [3.05, 3.63) is 34.1 Å². The summed E-state index contributed by atoms with van der Waals surface area (Å²) >= 11 is 3.14. The van der Waals surface area contributed by atoms with Crippen LogP contribution in [0.5, 0.6) is 0 Å². The van der Waals surface area contributed by atoms with Crippen molar-refractivity contribution in [2.45, 2.75) is 12.5 Å². The topological polar surface area (TPSA) is 49.8 Å². The molecular weight excluding hydrogens is 235 g/mol. The Morgan fingerprint density at radius 1 is 1.62 bits per heavy atom. The van der Waals surface area contributed by atoms with Crippen LogP contribution in [-0.2, 0) is 0 Å². The zero-order valence-corrected chi connectivity index (χ0v) is 8.38. The Labute approximate surface area is 84.3 Å². The normalized spacial score (nSPS) is 12.2. The fourth-order valence-corrected chi connectivity index (χ4v) is 1.34. The van der Waals surface area contributed by atoms with Crippen LogP contribution in [0, 0.1) is 17.1 Å². The Hall–Kier alpha value is -0.920. The lowest BCUT2D eigenvalue weighted by molar-refractivity contribution is 0.584. The maximum atomic E-state index is 13.2. The molecule has 0 aliphatic heterocycles. The molecular formula is C9H8BrFN2. The van der Waals surface area contributed by atoms with Gasteiger partial charge in [-0.25, -0.2) is 4.39 Å². The molecule has 1 rings (SSSR count). The lowest BCUT2D eigenvalue weighted by atomic mass is 10.1. The van der Waals surface area contributed by atoms with Gasteiger partial charge in [0, 0.05) is 16.1 Å². The monoisotopic (exact) mass is 242 g/mol. The van der Waals surface area contributed by atoms with Crippen LogP contribution in [0.2, 0.25) is 0 Å². The molecule has 0 bridgehead atoms. The van der Waals surface area contributed by atoms with Crippen LogP contribution in [0.25, 0.3) is 0 Å². The highest BCUT2D eigenvalue weighted by Gasteiger charge is 2.10. The third-order valence-electron chi connectivity index (χ3n) is 1.67. The second-order valence-electron chi connectivity index (χ2n) is 2.63. The van der Waals surface area contributed by atoms with Crippen LogP contribution in [0.3, 0.4) is 0 Å². The largest absolute Gasteiger partial charge is 0.323 e. The van der Waals surface area contributed by atoms with E-state index in [9.17, 15) is 4.39 Å². The maximum absolute atomic E-state index is 13.2. The zero-order valence-electron chi connectivity index (χ0n) is 6.80. The summed E-state index contributed by atoms with van der Waals surface area (Å²) < 4.78 is 13.9. The van der Waals surface area contributed by atoms with Crippen molar-refractivity contribution in [2.24, 2.45) is 5.73 Å². The number of hydrogen-bond acceptors (Lipinski definition) is 2. The molecule has 0 aliphatic rings. The Morgan fingerprint density at radius 3 is 2.85 bits per heavy atom. The van der Waals surface area contributed by atoms with Gasteiger partial charge in [-0.3, -0.25) is 0 Å².